The van der Waals surface area contributed by atoms with Gasteiger partial charge in [0.1, 0.15) is 0 Å². The van der Waals surface area contributed by atoms with Crippen molar-refractivity contribution in [3.63, 3.8) is 0 Å². The van der Waals surface area contributed by atoms with Crippen LogP contribution in [0.2, 0.25) is 0 Å². The van der Waals surface area contributed by atoms with Crippen LogP contribution in [-0.4, -0.2) is 49.1 Å². The van der Waals surface area contributed by atoms with Gasteiger partial charge in [0.25, 0.3) is 0 Å². The van der Waals surface area contributed by atoms with E-state index in [0.717, 1.165) is 30.2 Å². The number of nitrogens with zero attached hydrogens (tertiary/aromatic N) is 1. The molecule has 0 aromatic heterocycles. The average Bonchev–Trinajstić information content (AvgIpc) is 2.93. The lowest BCUT2D eigenvalue weighted by atomic mass is 10.1. The molecule has 1 atom stereocenters. The number of hydrogen-bond donors (Lipinski definition) is 1. The van der Waals surface area contributed by atoms with E-state index in [2.05, 4.69) is 32.6 Å². The molecule has 1 aromatic rings. The summed E-state index contributed by atoms with van der Waals surface area (Å²) in [5.41, 5.74) is 1.02. The van der Waals surface area contributed by atoms with Gasteiger partial charge in [-0.1, -0.05) is 33.8 Å². The minimum Gasteiger partial charge on any atom is -0.454 e. The molecule has 24 heavy (non-hydrogen) atoms. The standard InChI is InChI=1S/C19H31NO4/c1-14(2)8-20(9-15(3)4)10-17(21)12-22-11-16-5-6-18-19(7-16)24-13-23-18/h5-7,14-15,17,21H,8-13H2,1-4H3. The summed E-state index contributed by atoms with van der Waals surface area (Å²) < 4.78 is 16.3. The molecule has 2 rings (SSSR count). The number of hydrogen-bond acceptors (Lipinski definition) is 5. The molecule has 0 radical (unpaired) electrons. The summed E-state index contributed by atoms with van der Waals surface area (Å²) in [6, 6.07) is 5.78. The molecule has 0 bridgehead atoms. The highest BCUT2D eigenvalue weighted by molar-refractivity contribution is 5.44. The van der Waals surface area contributed by atoms with Crippen LogP contribution in [0.4, 0.5) is 0 Å². The molecule has 1 unspecified atom stereocenters. The van der Waals surface area contributed by atoms with E-state index in [1.54, 1.807) is 0 Å². The van der Waals surface area contributed by atoms with Crippen LogP contribution in [0, 0.1) is 11.8 Å². The van der Waals surface area contributed by atoms with Crippen LogP contribution < -0.4 is 9.47 Å². The molecular formula is C19H31NO4. The second-order valence-corrected chi connectivity index (χ2v) is 7.36. The van der Waals surface area contributed by atoms with Gasteiger partial charge in [0.15, 0.2) is 11.5 Å². The van der Waals surface area contributed by atoms with Crippen molar-refractivity contribution in [1.29, 1.82) is 0 Å². The van der Waals surface area contributed by atoms with Gasteiger partial charge in [-0.3, -0.25) is 0 Å². The maximum atomic E-state index is 10.3. The summed E-state index contributed by atoms with van der Waals surface area (Å²) in [4.78, 5) is 2.32. The Bertz CT molecular complexity index is 494. The first-order valence-corrected chi connectivity index (χ1v) is 8.80. The zero-order valence-electron chi connectivity index (χ0n) is 15.3. The Morgan fingerprint density at radius 3 is 2.38 bits per heavy atom. The van der Waals surface area contributed by atoms with Crippen molar-refractivity contribution in [2.45, 2.75) is 40.4 Å². The third-order valence-electron chi connectivity index (χ3n) is 3.73. The molecule has 136 valence electrons. The van der Waals surface area contributed by atoms with Crippen LogP contribution in [0.25, 0.3) is 0 Å². The Hall–Kier alpha value is -1.30. The van der Waals surface area contributed by atoms with Crippen molar-refractivity contribution in [2.75, 3.05) is 33.0 Å². The molecule has 1 aliphatic rings. The molecular weight excluding hydrogens is 306 g/mol. The van der Waals surface area contributed by atoms with Gasteiger partial charge in [-0.2, -0.15) is 0 Å². The summed E-state index contributed by atoms with van der Waals surface area (Å²) in [7, 11) is 0. The summed E-state index contributed by atoms with van der Waals surface area (Å²) in [5, 5.41) is 10.3. The second kappa shape index (κ2) is 9.25. The molecule has 0 saturated heterocycles. The number of benzene rings is 1. The summed E-state index contributed by atoms with van der Waals surface area (Å²) >= 11 is 0. The lowest BCUT2D eigenvalue weighted by Crippen LogP contribution is -2.39. The molecule has 1 heterocycles. The molecule has 1 N–H and O–H groups in total. The fraction of sp³-hybridized carbons (Fsp3) is 0.684. The lowest BCUT2D eigenvalue weighted by Gasteiger charge is -2.28. The molecule has 5 nitrogen and oxygen atoms in total. The molecule has 0 fully saturated rings. The predicted molar refractivity (Wildman–Crippen MR) is 94.3 cm³/mol. The second-order valence-electron chi connectivity index (χ2n) is 7.36. The average molecular weight is 337 g/mol. The van der Waals surface area contributed by atoms with Gasteiger partial charge in [0.2, 0.25) is 6.79 Å². The topological polar surface area (TPSA) is 51.2 Å². The van der Waals surface area contributed by atoms with Crippen LogP contribution in [0.5, 0.6) is 11.5 Å². The van der Waals surface area contributed by atoms with E-state index in [9.17, 15) is 5.11 Å². The third-order valence-corrected chi connectivity index (χ3v) is 3.73. The fourth-order valence-corrected chi connectivity index (χ4v) is 2.95. The number of fused-ring (bicyclic) bond motifs is 1. The highest BCUT2D eigenvalue weighted by Gasteiger charge is 2.16. The number of rotatable bonds is 10. The number of aliphatic hydroxyl groups is 1. The van der Waals surface area contributed by atoms with Crippen LogP contribution in [0.3, 0.4) is 0 Å². The van der Waals surface area contributed by atoms with Crippen molar-refractivity contribution < 1.29 is 19.3 Å². The van der Waals surface area contributed by atoms with Crippen molar-refractivity contribution in [2.24, 2.45) is 11.8 Å². The minimum atomic E-state index is -0.475. The first-order valence-electron chi connectivity index (χ1n) is 8.80. The van der Waals surface area contributed by atoms with E-state index in [0.29, 0.717) is 31.6 Å². The van der Waals surface area contributed by atoms with Gasteiger partial charge in [0, 0.05) is 19.6 Å². The maximum Gasteiger partial charge on any atom is 0.231 e. The van der Waals surface area contributed by atoms with Gasteiger partial charge in [0.05, 0.1) is 19.3 Å². The van der Waals surface area contributed by atoms with E-state index in [4.69, 9.17) is 14.2 Å². The van der Waals surface area contributed by atoms with Gasteiger partial charge in [-0.25, -0.2) is 0 Å². The van der Waals surface area contributed by atoms with E-state index in [1.165, 1.54) is 0 Å². The molecule has 0 amide bonds. The SMILES string of the molecule is CC(C)CN(CC(C)C)CC(O)COCc1ccc2c(c1)OCO2. The van der Waals surface area contributed by atoms with Crippen LogP contribution >= 0.6 is 0 Å². The Morgan fingerprint density at radius 2 is 1.71 bits per heavy atom. The predicted octanol–water partition coefficient (Wildman–Crippen LogP) is 2.91. The first-order chi connectivity index (χ1) is 11.4. The lowest BCUT2D eigenvalue weighted by molar-refractivity contribution is 0.00641. The smallest absolute Gasteiger partial charge is 0.231 e. The van der Waals surface area contributed by atoms with Crippen molar-refractivity contribution in [1.82, 2.24) is 4.90 Å². The van der Waals surface area contributed by atoms with E-state index < -0.39 is 6.10 Å². The number of ether oxygens (including phenoxy) is 3. The zero-order valence-corrected chi connectivity index (χ0v) is 15.3. The third kappa shape index (κ3) is 6.30. The summed E-state index contributed by atoms with van der Waals surface area (Å²) in [6.45, 7) is 12.5. The zero-order chi connectivity index (χ0) is 17.5. The van der Waals surface area contributed by atoms with Gasteiger partial charge < -0.3 is 24.2 Å². The van der Waals surface area contributed by atoms with E-state index in [1.807, 2.05) is 18.2 Å². The van der Waals surface area contributed by atoms with Crippen molar-refractivity contribution in [3.05, 3.63) is 23.8 Å². The highest BCUT2D eigenvalue weighted by Crippen LogP contribution is 2.32. The maximum absolute atomic E-state index is 10.3. The monoisotopic (exact) mass is 337 g/mol. The minimum absolute atomic E-state index is 0.278. The Kier molecular flexibility index (Phi) is 7.34. The Morgan fingerprint density at radius 1 is 1.04 bits per heavy atom. The molecule has 1 aliphatic heterocycles. The molecule has 5 heteroatoms. The van der Waals surface area contributed by atoms with E-state index in [-0.39, 0.29) is 6.79 Å². The van der Waals surface area contributed by atoms with Crippen LogP contribution in [-0.2, 0) is 11.3 Å². The van der Waals surface area contributed by atoms with Gasteiger partial charge >= 0.3 is 0 Å². The summed E-state index contributed by atoms with van der Waals surface area (Å²) in [6.07, 6.45) is -0.475. The quantitative estimate of drug-likeness (QED) is 0.711. The molecule has 0 spiro atoms. The van der Waals surface area contributed by atoms with E-state index >= 15 is 0 Å². The van der Waals surface area contributed by atoms with Gasteiger partial charge in [-0.05, 0) is 29.5 Å². The molecule has 0 aliphatic carbocycles. The normalized spacial score (nSPS) is 14.8. The first kappa shape index (κ1) is 19.0. The number of aliphatic hydroxyl groups excluding tert-OH is 1. The summed E-state index contributed by atoms with van der Waals surface area (Å²) in [5.74, 6) is 2.71. The van der Waals surface area contributed by atoms with Crippen LogP contribution in [0.15, 0.2) is 18.2 Å². The Labute approximate surface area is 145 Å². The van der Waals surface area contributed by atoms with Gasteiger partial charge in [-0.15, -0.1) is 0 Å². The van der Waals surface area contributed by atoms with Crippen LogP contribution in [0.1, 0.15) is 33.3 Å². The fourth-order valence-electron chi connectivity index (χ4n) is 2.95. The highest BCUT2D eigenvalue weighted by atomic mass is 16.7. The molecule has 1 aromatic carbocycles. The van der Waals surface area contributed by atoms with Crippen molar-refractivity contribution >= 4 is 0 Å². The van der Waals surface area contributed by atoms with Crippen molar-refractivity contribution in [3.8, 4) is 11.5 Å². The molecule has 0 saturated carbocycles. The largest absolute Gasteiger partial charge is 0.454 e. The Balaban J connectivity index is 1.74.